The molecule has 70 heavy (non-hydrogen) atoms. The number of rotatable bonds is 18. The van der Waals surface area contributed by atoms with Crippen molar-refractivity contribution in [2.75, 3.05) is 18.8 Å². The van der Waals surface area contributed by atoms with Crippen LogP contribution in [0.1, 0.15) is 76.3 Å². The van der Waals surface area contributed by atoms with Crippen LogP contribution in [-0.4, -0.2) is 124 Å². The second-order valence-corrected chi connectivity index (χ2v) is 20.6. The van der Waals surface area contributed by atoms with E-state index in [0.717, 1.165) is 10.9 Å². The monoisotopic (exact) mass is 1010 g/mol. The van der Waals surface area contributed by atoms with Crippen LogP contribution in [0.25, 0.3) is 10.9 Å². The van der Waals surface area contributed by atoms with Crippen molar-refractivity contribution >= 4 is 85.7 Å². The molecule has 1 aliphatic rings. The number of guanidine groups is 1. The summed E-state index contributed by atoms with van der Waals surface area (Å²) in [6.45, 7) is 3.84. The van der Waals surface area contributed by atoms with Crippen molar-refractivity contribution in [2.24, 2.45) is 39.4 Å². The molecule has 1 saturated heterocycles. The number of carbonyl (C=O) groups is 8. The highest BCUT2D eigenvalue weighted by molar-refractivity contribution is 8.77. The van der Waals surface area contributed by atoms with Gasteiger partial charge in [0.25, 0.3) is 0 Å². The van der Waals surface area contributed by atoms with Gasteiger partial charge in [0, 0.05) is 53.4 Å². The summed E-state index contributed by atoms with van der Waals surface area (Å²) in [6, 6.07) is 6.96. The summed E-state index contributed by atoms with van der Waals surface area (Å²) in [6.07, 6.45) is 2.50. The maximum atomic E-state index is 14.6. The van der Waals surface area contributed by atoms with Gasteiger partial charge in [-0.05, 0) is 76.1 Å². The number of primary amides is 2. The Kier molecular flexibility index (Phi) is 22.3. The summed E-state index contributed by atoms with van der Waals surface area (Å²) in [5.74, 6) is -6.32. The fourth-order valence-electron chi connectivity index (χ4n) is 7.63. The Balaban J connectivity index is 1.82. The fourth-order valence-corrected chi connectivity index (χ4v) is 10.4. The molecule has 1 fully saturated rings. The molecule has 19 N–H and O–H groups in total. The van der Waals surface area contributed by atoms with Crippen LogP contribution in [0.2, 0.25) is 0 Å². The molecule has 0 aliphatic carbocycles. The fraction of sp³-hybridized carbons (Fsp3) is 0.500. The molecule has 2 aromatic carbocycles. The number of amides is 8. The molecule has 7 atom stereocenters. The van der Waals surface area contributed by atoms with E-state index in [4.69, 9.17) is 34.4 Å². The Morgan fingerprint density at radius 3 is 2.01 bits per heavy atom. The van der Waals surface area contributed by atoms with Crippen LogP contribution < -0.4 is 66.3 Å². The zero-order valence-corrected chi connectivity index (χ0v) is 41.1. The highest BCUT2D eigenvalue weighted by Gasteiger charge is 2.39. The number of H-pyrrole nitrogens is 1. The minimum Gasteiger partial charge on any atom is -0.370 e. The lowest BCUT2D eigenvalue weighted by Crippen LogP contribution is -2.61. The first kappa shape index (κ1) is 56.2. The van der Waals surface area contributed by atoms with E-state index in [0.29, 0.717) is 30.5 Å². The highest BCUT2D eigenvalue weighted by Crippen LogP contribution is 2.39. The van der Waals surface area contributed by atoms with Crippen molar-refractivity contribution in [3.8, 4) is 0 Å². The minimum atomic E-state index is -1.45. The summed E-state index contributed by atoms with van der Waals surface area (Å²) in [7, 11) is 2.41. The number of benzene rings is 2. The maximum absolute atomic E-state index is 14.6. The van der Waals surface area contributed by atoms with Gasteiger partial charge in [0.2, 0.25) is 47.3 Å². The molecule has 22 nitrogen and oxygen atoms in total. The van der Waals surface area contributed by atoms with Gasteiger partial charge < -0.3 is 71.3 Å². The molecule has 1 aliphatic heterocycles. The third kappa shape index (κ3) is 17.9. The Bertz CT molecular complexity index is 2310. The molecule has 0 radical (unpaired) electrons. The summed E-state index contributed by atoms with van der Waals surface area (Å²) in [5, 5.41) is 17.2. The number of hydrogen-bond donors (Lipinski definition) is 13. The third-order valence-electron chi connectivity index (χ3n) is 11.5. The number of nitrogens with one attached hydrogen (secondary N) is 7. The van der Waals surface area contributed by atoms with E-state index in [9.17, 15) is 38.4 Å². The quantitative estimate of drug-likeness (QED) is 0.0305. The average Bonchev–Trinajstić information content (AvgIpc) is 3.72. The van der Waals surface area contributed by atoms with Crippen LogP contribution in [0.4, 0.5) is 0 Å². The number of nitrogens with zero attached hydrogens (tertiary/aromatic N) is 1. The first-order valence-corrected chi connectivity index (χ1v) is 25.4. The molecular weight excluding hydrogens is 941 g/mol. The number of aromatic amines is 1. The first-order valence-electron chi connectivity index (χ1n) is 23.1. The van der Waals surface area contributed by atoms with Gasteiger partial charge in [0.05, 0.1) is 6.04 Å². The predicted octanol–water partition coefficient (Wildman–Crippen LogP) is -1.31. The van der Waals surface area contributed by atoms with Crippen molar-refractivity contribution < 1.29 is 38.4 Å². The number of nitrogens with two attached hydrogens (primary N) is 6. The van der Waals surface area contributed by atoms with Crippen molar-refractivity contribution in [1.29, 1.82) is 0 Å². The summed E-state index contributed by atoms with van der Waals surface area (Å²) in [4.78, 5) is 118. The molecular formula is C46H68N14O8S2. The van der Waals surface area contributed by atoms with E-state index in [1.807, 2.05) is 24.3 Å². The Labute approximate surface area is 414 Å². The number of para-hydroxylation sites is 1. The summed E-state index contributed by atoms with van der Waals surface area (Å²) < 4.78 is -1.11. The number of aliphatic imine (C=N–C) groups is 1. The average molecular weight is 1010 g/mol. The number of unbranched alkanes of at least 4 members (excludes halogenated alkanes) is 1. The van der Waals surface area contributed by atoms with E-state index in [1.165, 1.54) is 21.6 Å². The van der Waals surface area contributed by atoms with Gasteiger partial charge in [-0.15, -0.1) is 0 Å². The molecule has 0 bridgehead atoms. The Morgan fingerprint density at radius 1 is 0.757 bits per heavy atom. The summed E-state index contributed by atoms with van der Waals surface area (Å²) in [5.41, 5.74) is 36.5. The molecule has 2 heterocycles. The van der Waals surface area contributed by atoms with E-state index < -0.39 is 94.3 Å². The smallest absolute Gasteiger partial charge is 0.243 e. The molecule has 8 amide bonds. The molecule has 1 aromatic heterocycles. The molecule has 0 unspecified atom stereocenters. The van der Waals surface area contributed by atoms with E-state index in [1.54, 1.807) is 50.4 Å². The van der Waals surface area contributed by atoms with Gasteiger partial charge in [-0.1, -0.05) is 76.5 Å². The maximum Gasteiger partial charge on any atom is 0.243 e. The van der Waals surface area contributed by atoms with Crippen molar-refractivity contribution in [2.45, 2.75) is 125 Å². The van der Waals surface area contributed by atoms with Crippen LogP contribution in [-0.2, 0) is 51.2 Å². The highest BCUT2D eigenvalue weighted by atomic mass is 33.1. The molecule has 24 heteroatoms. The standard InChI is InChI=1S/C46H68N14O8S2/c1-46(2)37(38(50)62)60-44(68)35(24-27-25-54-30-15-7-6-13-28(27)30)59-40(64)31(16-10-21-53-45(51)52)56-43(67)34(23-26-11-4-3-5-12-26)58-41(65)32(17-18-36(49)61)57-42(66)33(19-22-69-70-46)55-39(63)29(48)14-8-9-20-47/h3-7,11-13,15,25,29,31-35,37,54H,8-10,14,16-24,47-48H2,1-2H3,(H2,49,61)(H2,50,62)(H,55,63)(H,56,67)(H,57,66)(H,58,65)(H,59,64)(H,60,68)(H4,51,52,53)/t29-,31+,32+,33+,34-,35+,37-/m1/s1. The third-order valence-corrected chi connectivity index (χ3v) is 14.8. The van der Waals surface area contributed by atoms with E-state index in [-0.39, 0.29) is 69.6 Å². The second kappa shape index (κ2) is 27.7. The lowest BCUT2D eigenvalue weighted by Gasteiger charge is -2.33. The first-order chi connectivity index (χ1) is 33.3. The Morgan fingerprint density at radius 2 is 1.36 bits per heavy atom. The van der Waals surface area contributed by atoms with Gasteiger partial charge >= 0.3 is 0 Å². The lowest BCUT2D eigenvalue weighted by molar-refractivity contribution is -0.135. The topological polar surface area (TPSA) is 393 Å². The SMILES string of the molecule is CC1(C)SSCC[C@H](NC(=O)[C@H](N)CCCCN)C(=O)N[C@@H](CCC(N)=O)C(=O)N[C@H](Cc2ccccc2)C(=O)N[C@@H](CCCN=C(N)N)C(=O)N[C@@H](Cc2c[nH]c3ccccc23)C(=O)N[C@@H]1C(N)=O. The number of fused-ring (bicyclic) bond motifs is 1. The van der Waals surface area contributed by atoms with Gasteiger partial charge in [0.1, 0.15) is 36.3 Å². The van der Waals surface area contributed by atoms with Crippen molar-refractivity contribution in [3.63, 3.8) is 0 Å². The van der Waals surface area contributed by atoms with Crippen LogP contribution >= 0.6 is 21.6 Å². The van der Waals surface area contributed by atoms with Crippen molar-refractivity contribution in [3.05, 3.63) is 71.9 Å². The second-order valence-electron chi connectivity index (χ2n) is 17.5. The summed E-state index contributed by atoms with van der Waals surface area (Å²) >= 11 is 0. The normalized spacial score (nSPS) is 22.4. The lowest BCUT2D eigenvalue weighted by atomic mass is 9.99. The van der Waals surface area contributed by atoms with Crippen LogP contribution in [0, 0.1) is 0 Å². The molecule has 382 valence electrons. The van der Waals surface area contributed by atoms with Gasteiger partial charge in [0.15, 0.2) is 5.96 Å². The molecule has 4 rings (SSSR count). The van der Waals surface area contributed by atoms with Crippen LogP contribution in [0.15, 0.2) is 65.8 Å². The predicted molar refractivity (Wildman–Crippen MR) is 271 cm³/mol. The molecule has 0 saturated carbocycles. The largest absolute Gasteiger partial charge is 0.370 e. The number of carbonyl (C=O) groups excluding carboxylic acids is 8. The van der Waals surface area contributed by atoms with Gasteiger partial charge in [-0.3, -0.25) is 43.3 Å². The van der Waals surface area contributed by atoms with E-state index in [2.05, 4.69) is 41.9 Å². The van der Waals surface area contributed by atoms with Crippen molar-refractivity contribution in [1.82, 2.24) is 36.9 Å². The molecule has 0 spiro atoms. The van der Waals surface area contributed by atoms with Crippen LogP contribution in [0.5, 0.6) is 0 Å². The zero-order valence-electron chi connectivity index (χ0n) is 39.5. The zero-order chi connectivity index (χ0) is 51.4. The minimum absolute atomic E-state index is 0.0130. The Hall–Kier alpha value is -6.37. The number of aromatic nitrogens is 1. The number of hydrogen-bond acceptors (Lipinski definition) is 13. The van der Waals surface area contributed by atoms with E-state index >= 15 is 0 Å². The van der Waals surface area contributed by atoms with Gasteiger partial charge in [-0.25, -0.2) is 0 Å². The van der Waals surface area contributed by atoms with Gasteiger partial charge in [-0.2, -0.15) is 0 Å². The molecule has 3 aromatic rings. The van der Waals surface area contributed by atoms with Crippen LogP contribution in [0.3, 0.4) is 0 Å².